The van der Waals surface area contributed by atoms with Crippen molar-refractivity contribution in [3.05, 3.63) is 11.9 Å². The normalized spacial score (nSPS) is 19.6. The van der Waals surface area contributed by atoms with Crippen LogP contribution in [0.2, 0.25) is 0 Å². The van der Waals surface area contributed by atoms with Crippen LogP contribution in [-0.4, -0.2) is 43.2 Å². The fourth-order valence-electron chi connectivity index (χ4n) is 2.52. The van der Waals surface area contributed by atoms with Gasteiger partial charge in [-0.15, -0.1) is 0 Å². The number of nitrogens with zero attached hydrogens (tertiary/aromatic N) is 4. The molecular weight excluding hydrogens is 238 g/mol. The third-order valence-corrected chi connectivity index (χ3v) is 3.85. The van der Waals surface area contributed by atoms with E-state index in [0.29, 0.717) is 5.92 Å². The van der Waals surface area contributed by atoms with Gasteiger partial charge in [-0.25, -0.2) is 9.97 Å². The first kappa shape index (κ1) is 14.1. The van der Waals surface area contributed by atoms with Gasteiger partial charge in [0.2, 0.25) is 0 Å². The summed E-state index contributed by atoms with van der Waals surface area (Å²) in [7, 11) is 2.06. The highest BCUT2D eigenvalue weighted by Crippen LogP contribution is 2.23. The number of rotatable bonds is 4. The van der Waals surface area contributed by atoms with Crippen LogP contribution in [0.3, 0.4) is 0 Å². The Labute approximate surface area is 115 Å². The molecule has 2 rings (SSSR count). The molecule has 0 spiro atoms. The molecule has 2 heterocycles. The molecule has 5 nitrogen and oxygen atoms in total. The molecule has 0 saturated carbocycles. The molecule has 1 fully saturated rings. The first-order valence-corrected chi connectivity index (χ1v) is 7.15. The monoisotopic (exact) mass is 263 g/mol. The highest BCUT2D eigenvalue weighted by molar-refractivity contribution is 5.50. The lowest BCUT2D eigenvalue weighted by atomic mass is 9.98. The highest BCUT2D eigenvalue weighted by atomic mass is 15.2. The zero-order valence-electron chi connectivity index (χ0n) is 12.3. The zero-order chi connectivity index (χ0) is 13.8. The largest absolute Gasteiger partial charge is 0.360 e. The Morgan fingerprint density at radius 1 is 1.47 bits per heavy atom. The van der Waals surface area contributed by atoms with Gasteiger partial charge in [-0.05, 0) is 39.2 Å². The van der Waals surface area contributed by atoms with Crippen LogP contribution in [0.1, 0.15) is 25.6 Å². The molecule has 1 aliphatic rings. The molecule has 1 unspecified atom stereocenters. The van der Waals surface area contributed by atoms with Gasteiger partial charge in [-0.2, -0.15) is 0 Å². The van der Waals surface area contributed by atoms with Crippen molar-refractivity contribution < 1.29 is 0 Å². The van der Waals surface area contributed by atoms with Gasteiger partial charge >= 0.3 is 0 Å². The molecule has 0 bridgehead atoms. The first-order valence-electron chi connectivity index (χ1n) is 7.15. The lowest BCUT2D eigenvalue weighted by Gasteiger charge is -2.33. The fraction of sp³-hybridized carbons (Fsp3) is 0.714. The molecule has 2 N–H and O–H groups in total. The summed E-state index contributed by atoms with van der Waals surface area (Å²) in [5.41, 5.74) is 5.81. The Morgan fingerprint density at radius 2 is 2.26 bits per heavy atom. The van der Waals surface area contributed by atoms with E-state index < -0.39 is 0 Å². The van der Waals surface area contributed by atoms with Crippen molar-refractivity contribution in [2.45, 2.75) is 26.7 Å². The van der Waals surface area contributed by atoms with E-state index in [2.05, 4.69) is 39.8 Å². The average Bonchev–Trinajstić information content (AvgIpc) is 2.45. The van der Waals surface area contributed by atoms with E-state index >= 15 is 0 Å². The van der Waals surface area contributed by atoms with Gasteiger partial charge < -0.3 is 15.5 Å². The lowest BCUT2D eigenvalue weighted by Crippen LogP contribution is -2.39. The van der Waals surface area contributed by atoms with E-state index in [-0.39, 0.29) is 0 Å². The van der Waals surface area contributed by atoms with Crippen molar-refractivity contribution in [3.63, 3.8) is 0 Å². The number of hydrogen-bond donors (Lipinski definition) is 1. The maximum Gasteiger partial charge on any atom is 0.134 e. The van der Waals surface area contributed by atoms with Crippen molar-refractivity contribution in [2.24, 2.45) is 11.7 Å². The van der Waals surface area contributed by atoms with Gasteiger partial charge in [0.25, 0.3) is 0 Å². The van der Waals surface area contributed by atoms with Gasteiger partial charge in [-0.1, -0.05) is 0 Å². The summed E-state index contributed by atoms with van der Waals surface area (Å²) in [6.07, 6.45) is 2.43. The molecule has 106 valence electrons. The number of piperidine rings is 1. The Balaban J connectivity index is 2.21. The van der Waals surface area contributed by atoms with Crippen LogP contribution in [-0.2, 0) is 0 Å². The van der Waals surface area contributed by atoms with Gasteiger partial charge in [0, 0.05) is 32.7 Å². The van der Waals surface area contributed by atoms with Gasteiger partial charge in [-0.3, -0.25) is 0 Å². The second-order valence-electron chi connectivity index (χ2n) is 5.34. The molecule has 1 atom stereocenters. The molecule has 5 heteroatoms. The molecule has 0 amide bonds. The summed E-state index contributed by atoms with van der Waals surface area (Å²) in [4.78, 5) is 13.6. The summed E-state index contributed by atoms with van der Waals surface area (Å²) in [6.45, 7) is 7.89. The van der Waals surface area contributed by atoms with Crippen molar-refractivity contribution in [1.29, 1.82) is 0 Å². The minimum Gasteiger partial charge on any atom is -0.360 e. The second kappa shape index (κ2) is 6.19. The van der Waals surface area contributed by atoms with E-state index in [1.54, 1.807) is 0 Å². The first-order chi connectivity index (χ1) is 9.13. The van der Waals surface area contributed by atoms with Crippen LogP contribution in [0.5, 0.6) is 0 Å². The van der Waals surface area contributed by atoms with Crippen LogP contribution in [0.25, 0.3) is 0 Å². The average molecular weight is 263 g/mol. The minimum absolute atomic E-state index is 0.594. The van der Waals surface area contributed by atoms with E-state index in [1.165, 1.54) is 12.8 Å². The zero-order valence-corrected chi connectivity index (χ0v) is 12.3. The number of nitrogens with two attached hydrogens (primary N) is 1. The third kappa shape index (κ3) is 3.35. The third-order valence-electron chi connectivity index (χ3n) is 3.85. The van der Waals surface area contributed by atoms with E-state index in [4.69, 9.17) is 5.73 Å². The highest BCUT2D eigenvalue weighted by Gasteiger charge is 2.20. The predicted molar refractivity (Wildman–Crippen MR) is 79.7 cm³/mol. The molecule has 0 aromatic carbocycles. The van der Waals surface area contributed by atoms with E-state index in [0.717, 1.165) is 43.6 Å². The summed E-state index contributed by atoms with van der Waals surface area (Å²) >= 11 is 0. The Bertz CT molecular complexity index is 420. The van der Waals surface area contributed by atoms with Crippen LogP contribution < -0.4 is 15.5 Å². The minimum atomic E-state index is 0.594. The maximum atomic E-state index is 5.81. The maximum absolute atomic E-state index is 5.81. The van der Waals surface area contributed by atoms with Crippen LogP contribution in [0.4, 0.5) is 11.6 Å². The topological polar surface area (TPSA) is 58.3 Å². The summed E-state index contributed by atoms with van der Waals surface area (Å²) in [5, 5.41) is 0. The summed E-state index contributed by atoms with van der Waals surface area (Å²) in [6, 6.07) is 2.09. The molecule has 0 aliphatic carbocycles. The molecule has 0 radical (unpaired) electrons. The summed E-state index contributed by atoms with van der Waals surface area (Å²) in [5.74, 6) is 3.47. The summed E-state index contributed by atoms with van der Waals surface area (Å²) < 4.78 is 0. The quantitative estimate of drug-likeness (QED) is 0.890. The second-order valence-corrected chi connectivity index (χ2v) is 5.34. The van der Waals surface area contributed by atoms with E-state index in [9.17, 15) is 0 Å². The molecule has 1 aromatic rings. The van der Waals surface area contributed by atoms with Crippen LogP contribution in [0, 0.1) is 12.8 Å². The van der Waals surface area contributed by atoms with Crippen LogP contribution in [0.15, 0.2) is 6.07 Å². The van der Waals surface area contributed by atoms with Crippen LogP contribution >= 0.6 is 0 Å². The Morgan fingerprint density at radius 3 is 2.95 bits per heavy atom. The van der Waals surface area contributed by atoms with E-state index in [1.807, 2.05) is 6.92 Å². The molecular formula is C14H25N5. The predicted octanol–water partition coefficient (Wildman–Crippen LogP) is 1.42. The number of aryl methyl sites for hydroxylation is 1. The Hall–Kier alpha value is -1.36. The lowest BCUT2D eigenvalue weighted by molar-refractivity contribution is 0.421. The van der Waals surface area contributed by atoms with Gasteiger partial charge in [0.05, 0.1) is 0 Å². The fourth-order valence-corrected chi connectivity index (χ4v) is 2.52. The Kier molecular flexibility index (Phi) is 4.58. The smallest absolute Gasteiger partial charge is 0.134 e. The van der Waals surface area contributed by atoms with Crippen molar-refractivity contribution in [3.8, 4) is 0 Å². The van der Waals surface area contributed by atoms with Gasteiger partial charge in [0.15, 0.2) is 0 Å². The molecule has 1 aromatic heterocycles. The van der Waals surface area contributed by atoms with Crippen molar-refractivity contribution in [2.75, 3.05) is 43.0 Å². The van der Waals surface area contributed by atoms with Crippen molar-refractivity contribution in [1.82, 2.24) is 9.97 Å². The van der Waals surface area contributed by atoms with Gasteiger partial charge in [0.1, 0.15) is 17.5 Å². The molecule has 19 heavy (non-hydrogen) atoms. The molecule has 1 aliphatic heterocycles. The SMILES string of the molecule is CCN(C)c1cc(N2CCCC(CN)C2)nc(C)n1. The number of hydrogen-bond acceptors (Lipinski definition) is 5. The standard InChI is InChI=1S/C14H25N5/c1-4-18(3)13-8-14(17-11(2)16-13)19-7-5-6-12(9-15)10-19/h8,12H,4-7,9-10,15H2,1-3H3. The number of anilines is 2. The molecule has 1 saturated heterocycles. The number of aromatic nitrogens is 2. The van der Waals surface area contributed by atoms with Crippen molar-refractivity contribution >= 4 is 11.6 Å².